The van der Waals surface area contributed by atoms with Crippen LogP contribution in [0, 0.1) is 6.92 Å². The minimum absolute atomic E-state index is 0.0477. The van der Waals surface area contributed by atoms with Crippen LogP contribution in [0.4, 0.5) is 0 Å². The summed E-state index contributed by atoms with van der Waals surface area (Å²) in [5.41, 5.74) is 3.42. The van der Waals surface area contributed by atoms with Gasteiger partial charge in [0.15, 0.2) is 5.96 Å². The first kappa shape index (κ1) is 22.6. The number of guanidine groups is 1. The third kappa shape index (κ3) is 7.31. The van der Waals surface area contributed by atoms with Crippen LogP contribution in [0.15, 0.2) is 47.5 Å². The highest BCUT2D eigenvalue weighted by Crippen LogP contribution is 2.26. The van der Waals surface area contributed by atoms with Gasteiger partial charge >= 0.3 is 0 Å². The lowest BCUT2D eigenvalue weighted by atomic mass is 10.0. The van der Waals surface area contributed by atoms with Crippen LogP contribution < -0.4 is 20.1 Å². The average Bonchev–Trinajstić information content (AvgIpc) is 2.74. The highest BCUT2D eigenvalue weighted by molar-refractivity contribution is 5.80. The van der Waals surface area contributed by atoms with Crippen LogP contribution in [0.2, 0.25) is 0 Å². The highest BCUT2D eigenvalue weighted by atomic mass is 16.5. The lowest BCUT2D eigenvalue weighted by Crippen LogP contribution is -2.38. The molecule has 6 heteroatoms. The minimum Gasteiger partial charge on any atom is -0.496 e. The summed E-state index contributed by atoms with van der Waals surface area (Å²) in [5.74, 6) is 2.46. The number of hydrogen-bond acceptors (Lipinski definition) is 4. The van der Waals surface area contributed by atoms with Crippen LogP contribution in [0.3, 0.4) is 0 Å². The van der Waals surface area contributed by atoms with E-state index in [2.05, 4.69) is 41.6 Å². The molecule has 0 aliphatic heterocycles. The number of methoxy groups -OCH3 is 2. The number of nitrogens with one attached hydrogen (secondary N) is 2. The van der Waals surface area contributed by atoms with Crippen molar-refractivity contribution in [1.29, 1.82) is 0 Å². The number of rotatable bonds is 10. The molecule has 0 aliphatic carbocycles. The first-order chi connectivity index (χ1) is 14.1. The largest absolute Gasteiger partial charge is 0.496 e. The van der Waals surface area contributed by atoms with Crippen LogP contribution in [0.25, 0.3) is 0 Å². The number of benzene rings is 2. The summed E-state index contributed by atoms with van der Waals surface area (Å²) in [6, 6.07) is 14.3. The number of ether oxygens (including phenoxy) is 3. The third-order valence-electron chi connectivity index (χ3n) is 4.55. The Bertz CT molecular complexity index is 793. The van der Waals surface area contributed by atoms with E-state index < -0.39 is 0 Å². The SMILES string of the molecule is CN=C(NCc1cccc(OCCCOC)c1)NC(C)c1cc(C)ccc1OC. The van der Waals surface area contributed by atoms with Crippen molar-refractivity contribution >= 4 is 5.96 Å². The molecule has 1 unspecified atom stereocenters. The fraction of sp³-hybridized carbons (Fsp3) is 0.435. The Kier molecular flexibility index (Phi) is 9.31. The molecule has 29 heavy (non-hydrogen) atoms. The topological polar surface area (TPSA) is 64.1 Å². The van der Waals surface area contributed by atoms with Crippen molar-refractivity contribution in [2.75, 3.05) is 34.5 Å². The van der Waals surface area contributed by atoms with Crippen LogP contribution in [0.1, 0.15) is 36.1 Å². The van der Waals surface area contributed by atoms with Gasteiger partial charge in [-0.2, -0.15) is 0 Å². The maximum absolute atomic E-state index is 5.77. The fourth-order valence-corrected chi connectivity index (χ4v) is 2.99. The zero-order chi connectivity index (χ0) is 21.1. The molecule has 0 aliphatic rings. The van der Waals surface area contributed by atoms with Gasteiger partial charge in [-0.15, -0.1) is 0 Å². The van der Waals surface area contributed by atoms with Crippen LogP contribution in [-0.2, 0) is 11.3 Å². The van der Waals surface area contributed by atoms with E-state index in [1.165, 1.54) is 5.56 Å². The van der Waals surface area contributed by atoms with Crippen molar-refractivity contribution in [3.8, 4) is 11.5 Å². The summed E-state index contributed by atoms with van der Waals surface area (Å²) in [6.45, 7) is 6.16. The van der Waals surface area contributed by atoms with Crippen molar-refractivity contribution < 1.29 is 14.2 Å². The van der Waals surface area contributed by atoms with Crippen LogP contribution in [0.5, 0.6) is 11.5 Å². The zero-order valence-corrected chi connectivity index (χ0v) is 18.1. The standard InChI is InChI=1S/C23H33N3O3/c1-17-10-11-22(28-5)21(14-17)18(2)26-23(24-3)25-16-19-8-6-9-20(15-19)29-13-7-12-27-4/h6,8-11,14-15,18H,7,12-13,16H2,1-5H3,(H2,24,25,26). The van der Waals surface area contributed by atoms with Gasteiger partial charge in [0.2, 0.25) is 0 Å². The van der Waals surface area contributed by atoms with Crippen molar-refractivity contribution in [3.63, 3.8) is 0 Å². The van der Waals surface area contributed by atoms with E-state index in [4.69, 9.17) is 14.2 Å². The molecule has 0 aromatic heterocycles. The van der Waals surface area contributed by atoms with E-state index in [0.29, 0.717) is 19.8 Å². The molecule has 2 aromatic rings. The minimum atomic E-state index is 0.0477. The fourth-order valence-electron chi connectivity index (χ4n) is 2.99. The van der Waals surface area contributed by atoms with Crippen molar-refractivity contribution in [2.24, 2.45) is 4.99 Å². The van der Waals surface area contributed by atoms with Gasteiger partial charge in [-0.05, 0) is 37.6 Å². The molecule has 0 radical (unpaired) electrons. The monoisotopic (exact) mass is 399 g/mol. The molecule has 0 bridgehead atoms. The molecule has 0 fully saturated rings. The molecule has 1 atom stereocenters. The first-order valence-electron chi connectivity index (χ1n) is 9.89. The number of hydrogen-bond donors (Lipinski definition) is 2. The van der Waals surface area contributed by atoms with Gasteiger partial charge in [-0.1, -0.05) is 29.8 Å². The molecule has 0 heterocycles. The van der Waals surface area contributed by atoms with Crippen molar-refractivity contribution in [1.82, 2.24) is 10.6 Å². The Labute approximate surface area is 174 Å². The van der Waals surface area contributed by atoms with Gasteiger partial charge in [0, 0.05) is 39.3 Å². The van der Waals surface area contributed by atoms with Crippen molar-refractivity contribution in [3.05, 3.63) is 59.2 Å². The Morgan fingerprint density at radius 1 is 1.10 bits per heavy atom. The lowest BCUT2D eigenvalue weighted by Gasteiger charge is -2.21. The van der Waals surface area contributed by atoms with E-state index in [1.54, 1.807) is 21.3 Å². The Morgan fingerprint density at radius 3 is 2.66 bits per heavy atom. The molecule has 158 valence electrons. The molecule has 0 spiro atoms. The van der Waals surface area contributed by atoms with E-state index in [-0.39, 0.29) is 6.04 Å². The van der Waals surface area contributed by atoms with Gasteiger partial charge in [0.05, 0.1) is 19.8 Å². The summed E-state index contributed by atoms with van der Waals surface area (Å²) in [7, 11) is 5.16. The number of nitrogens with zero attached hydrogens (tertiary/aromatic N) is 1. The Morgan fingerprint density at radius 2 is 1.93 bits per heavy atom. The molecule has 0 saturated carbocycles. The number of aryl methyl sites for hydroxylation is 1. The van der Waals surface area contributed by atoms with E-state index >= 15 is 0 Å². The van der Waals surface area contributed by atoms with E-state index in [9.17, 15) is 0 Å². The van der Waals surface area contributed by atoms with Gasteiger partial charge in [0.1, 0.15) is 11.5 Å². The summed E-state index contributed by atoms with van der Waals surface area (Å²) in [5, 5.41) is 6.80. The first-order valence-corrected chi connectivity index (χ1v) is 9.89. The molecule has 0 saturated heterocycles. The van der Waals surface area contributed by atoms with Gasteiger partial charge in [-0.25, -0.2) is 0 Å². The summed E-state index contributed by atoms with van der Waals surface area (Å²) < 4.78 is 16.3. The molecule has 2 rings (SSSR count). The van der Waals surface area contributed by atoms with Crippen molar-refractivity contribution in [2.45, 2.75) is 32.9 Å². The lowest BCUT2D eigenvalue weighted by molar-refractivity contribution is 0.172. The second-order valence-corrected chi connectivity index (χ2v) is 6.88. The normalized spacial score (nSPS) is 12.4. The smallest absolute Gasteiger partial charge is 0.191 e. The van der Waals surface area contributed by atoms with Crippen LogP contribution >= 0.6 is 0 Å². The summed E-state index contributed by atoms with van der Waals surface area (Å²) in [4.78, 5) is 4.35. The predicted molar refractivity (Wildman–Crippen MR) is 118 cm³/mol. The molecule has 0 amide bonds. The number of aliphatic imine (C=N–C) groups is 1. The summed E-state index contributed by atoms with van der Waals surface area (Å²) >= 11 is 0. The summed E-state index contributed by atoms with van der Waals surface area (Å²) in [6.07, 6.45) is 0.871. The predicted octanol–water partition coefficient (Wildman–Crippen LogP) is 3.85. The highest BCUT2D eigenvalue weighted by Gasteiger charge is 2.13. The molecular formula is C23H33N3O3. The molecule has 2 N–H and O–H groups in total. The molecule has 6 nitrogen and oxygen atoms in total. The maximum atomic E-state index is 5.77. The van der Waals surface area contributed by atoms with E-state index in [0.717, 1.165) is 35.0 Å². The van der Waals surface area contributed by atoms with Gasteiger partial charge in [0.25, 0.3) is 0 Å². The van der Waals surface area contributed by atoms with Crippen LogP contribution in [-0.4, -0.2) is 40.4 Å². The third-order valence-corrected chi connectivity index (χ3v) is 4.55. The Balaban J connectivity index is 1.93. The van der Waals surface area contributed by atoms with E-state index in [1.807, 2.05) is 30.3 Å². The molecular weight excluding hydrogens is 366 g/mol. The average molecular weight is 400 g/mol. The zero-order valence-electron chi connectivity index (χ0n) is 18.1. The Hall–Kier alpha value is -2.73. The quantitative estimate of drug-likeness (QED) is 0.361. The second kappa shape index (κ2) is 12.0. The van der Waals surface area contributed by atoms with Gasteiger partial charge < -0.3 is 24.8 Å². The maximum Gasteiger partial charge on any atom is 0.191 e. The van der Waals surface area contributed by atoms with Gasteiger partial charge in [-0.3, -0.25) is 4.99 Å². The molecule has 2 aromatic carbocycles. The second-order valence-electron chi connectivity index (χ2n) is 6.88.